The molecule has 0 aliphatic heterocycles. The molecule has 196 valence electrons. The topological polar surface area (TPSA) is 97.8 Å². The van der Waals surface area contributed by atoms with Crippen molar-refractivity contribution in [1.82, 2.24) is 4.98 Å². The van der Waals surface area contributed by atoms with Crippen LogP contribution >= 0.6 is 11.3 Å². The molecule has 0 saturated heterocycles. The Hall–Kier alpha value is -3.63. The van der Waals surface area contributed by atoms with Gasteiger partial charge in [0, 0.05) is 35.5 Å². The van der Waals surface area contributed by atoms with Crippen LogP contribution in [-0.4, -0.2) is 42.3 Å². The van der Waals surface area contributed by atoms with E-state index in [1.54, 1.807) is 0 Å². The minimum atomic E-state index is -1.30. The number of aromatic nitrogens is 1. The number of thiazole rings is 1. The highest BCUT2D eigenvalue weighted by Crippen LogP contribution is 2.38. The molecule has 2 N–H and O–H groups in total. The molecule has 0 bridgehead atoms. The normalized spacial score (nSPS) is 11.4. The van der Waals surface area contributed by atoms with E-state index < -0.39 is 29.1 Å². The fraction of sp³-hybridized carbons (Fsp3) is 0.296. The molecule has 1 amide bonds. The maximum atomic E-state index is 14.5. The van der Waals surface area contributed by atoms with Gasteiger partial charge in [-0.2, -0.15) is 0 Å². The number of carbonyl (C=O) groups excluding carboxylic acids is 1. The minimum absolute atomic E-state index is 0.196. The summed E-state index contributed by atoms with van der Waals surface area (Å²) < 4.78 is 39.9. The van der Waals surface area contributed by atoms with E-state index in [-0.39, 0.29) is 16.3 Å². The van der Waals surface area contributed by atoms with E-state index in [9.17, 15) is 18.4 Å². The van der Waals surface area contributed by atoms with Crippen LogP contribution in [0.5, 0.6) is 5.06 Å². The molecule has 37 heavy (non-hydrogen) atoms. The van der Waals surface area contributed by atoms with E-state index in [0.717, 1.165) is 66.5 Å². The van der Waals surface area contributed by atoms with Crippen molar-refractivity contribution >= 4 is 34.4 Å². The summed E-state index contributed by atoms with van der Waals surface area (Å²) in [5.41, 5.74) is 1.40. The van der Waals surface area contributed by atoms with E-state index in [0.29, 0.717) is 17.4 Å². The van der Waals surface area contributed by atoms with Crippen molar-refractivity contribution in [3.63, 3.8) is 0 Å². The summed E-state index contributed by atoms with van der Waals surface area (Å²) in [5, 5.41) is 12.2. The lowest BCUT2D eigenvalue weighted by Crippen LogP contribution is -2.13. The Morgan fingerprint density at radius 3 is 2.54 bits per heavy atom. The van der Waals surface area contributed by atoms with E-state index in [1.807, 2.05) is 24.3 Å². The zero-order chi connectivity index (χ0) is 26.9. The van der Waals surface area contributed by atoms with E-state index >= 15 is 0 Å². The Kier molecular flexibility index (Phi) is 9.87. The summed E-state index contributed by atoms with van der Waals surface area (Å²) in [5.74, 6) is -4.19. The second-order valence-corrected chi connectivity index (χ2v) is 9.18. The van der Waals surface area contributed by atoms with Gasteiger partial charge in [-0.25, -0.2) is 18.6 Å². The van der Waals surface area contributed by atoms with Crippen molar-refractivity contribution < 1.29 is 33.0 Å². The van der Waals surface area contributed by atoms with Gasteiger partial charge in [0.1, 0.15) is 17.3 Å². The predicted molar refractivity (Wildman–Crippen MR) is 139 cm³/mol. The van der Waals surface area contributed by atoms with Gasteiger partial charge in [-0.3, -0.25) is 10.1 Å². The molecule has 7 nitrogen and oxygen atoms in total. The molecule has 0 aliphatic rings. The van der Waals surface area contributed by atoms with E-state index in [2.05, 4.69) is 17.2 Å². The Morgan fingerprint density at radius 2 is 1.89 bits per heavy atom. The molecule has 0 radical (unpaired) electrons. The summed E-state index contributed by atoms with van der Waals surface area (Å²) in [6.45, 7) is 4.71. The van der Waals surface area contributed by atoms with Crippen LogP contribution in [0.3, 0.4) is 0 Å². The van der Waals surface area contributed by atoms with Crippen LogP contribution in [-0.2, 0) is 16.0 Å². The van der Waals surface area contributed by atoms with Crippen LogP contribution < -0.4 is 10.1 Å². The van der Waals surface area contributed by atoms with Crippen molar-refractivity contribution in [2.45, 2.75) is 33.1 Å². The number of aliphatic carboxylic acids is 1. The number of halogens is 2. The molecule has 0 fully saturated rings. The number of rotatable bonds is 12. The Morgan fingerprint density at radius 1 is 1.16 bits per heavy atom. The number of amides is 1. The quantitative estimate of drug-likeness (QED) is 0.214. The second-order valence-electron chi connectivity index (χ2n) is 8.22. The third kappa shape index (κ3) is 7.43. The van der Waals surface area contributed by atoms with Crippen molar-refractivity contribution in [3.05, 3.63) is 70.3 Å². The lowest BCUT2D eigenvalue weighted by atomic mass is 10.1. The second kappa shape index (κ2) is 13.1. The molecule has 1 aromatic heterocycles. The number of methoxy groups -OCH3 is 1. The summed E-state index contributed by atoms with van der Waals surface area (Å²) in [7, 11) is 1.49. The van der Waals surface area contributed by atoms with Crippen LogP contribution in [0.1, 0.15) is 48.2 Å². The van der Waals surface area contributed by atoms with Gasteiger partial charge in [-0.05, 0) is 56.0 Å². The number of ether oxygens (including phenoxy) is 2. The van der Waals surface area contributed by atoms with Gasteiger partial charge in [0.25, 0.3) is 5.91 Å². The Labute approximate surface area is 217 Å². The molecule has 3 aromatic rings. The van der Waals surface area contributed by atoms with Crippen LogP contribution in [0, 0.1) is 11.6 Å². The van der Waals surface area contributed by atoms with Gasteiger partial charge < -0.3 is 14.6 Å². The van der Waals surface area contributed by atoms with Crippen LogP contribution in [0.15, 0.2) is 42.0 Å². The monoisotopic (exact) mass is 530 g/mol. The summed E-state index contributed by atoms with van der Waals surface area (Å²) >= 11 is 1.09. The van der Waals surface area contributed by atoms with Gasteiger partial charge in [-0.15, -0.1) is 0 Å². The molecule has 10 heteroatoms. The fourth-order valence-electron chi connectivity index (χ4n) is 3.48. The Bertz CT molecular complexity index is 1280. The summed E-state index contributed by atoms with van der Waals surface area (Å²) in [6.07, 6.45) is 3.58. The molecule has 0 saturated carbocycles. The SMILES string of the molecule is CCCOCCCc1cccc(-c2nc(NC(=O)c3cc(F)c(/C=C(\C)C(=O)O)c(F)c3)sc2OC)c1. The third-order valence-corrected chi connectivity index (χ3v) is 6.28. The van der Waals surface area contributed by atoms with Crippen LogP contribution in [0.2, 0.25) is 0 Å². The maximum absolute atomic E-state index is 14.5. The largest absolute Gasteiger partial charge is 0.486 e. The smallest absolute Gasteiger partial charge is 0.331 e. The molecule has 0 aliphatic carbocycles. The Balaban J connectivity index is 1.77. The molecule has 0 spiro atoms. The first-order valence-corrected chi connectivity index (χ1v) is 12.5. The average Bonchev–Trinajstić information content (AvgIpc) is 3.28. The zero-order valence-corrected chi connectivity index (χ0v) is 21.6. The molecule has 0 atom stereocenters. The number of nitrogens with zero attached hydrogens (tertiary/aromatic N) is 1. The summed E-state index contributed by atoms with van der Waals surface area (Å²) in [6, 6.07) is 9.51. The van der Waals surface area contributed by atoms with Gasteiger partial charge in [-0.1, -0.05) is 36.5 Å². The minimum Gasteiger partial charge on any atom is -0.486 e. The number of nitrogens with one attached hydrogen (secondary N) is 1. The predicted octanol–water partition coefficient (Wildman–Crippen LogP) is 6.20. The van der Waals surface area contributed by atoms with Crippen molar-refractivity contribution in [2.24, 2.45) is 0 Å². The highest BCUT2D eigenvalue weighted by Gasteiger charge is 2.19. The lowest BCUT2D eigenvalue weighted by molar-refractivity contribution is -0.132. The summed E-state index contributed by atoms with van der Waals surface area (Å²) in [4.78, 5) is 28.2. The molecule has 1 heterocycles. The number of hydrogen-bond donors (Lipinski definition) is 2. The van der Waals surface area contributed by atoms with Gasteiger partial charge in [0.05, 0.1) is 7.11 Å². The van der Waals surface area contributed by atoms with Crippen molar-refractivity contribution in [3.8, 4) is 16.3 Å². The fourth-order valence-corrected chi connectivity index (χ4v) is 4.28. The first-order chi connectivity index (χ1) is 17.7. The van der Waals surface area contributed by atoms with E-state index in [1.165, 1.54) is 14.0 Å². The number of benzene rings is 2. The van der Waals surface area contributed by atoms with Gasteiger partial charge >= 0.3 is 5.97 Å². The first-order valence-electron chi connectivity index (χ1n) is 11.7. The number of anilines is 1. The van der Waals surface area contributed by atoms with Crippen LogP contribution in [0.25, 0.3) is 17.3 Å². The standard InChI is InChI=1S/C27H28F2N2O5S/c1-4-10-36-11-6-8-17-7-5-9-18(13-17)23-26(35-3)37-27(30-23)31-24(32)19-14-21(28)20(22(29)15-19)12-16(2)25(33)34/h5,7,9,12-15H,4,6,8,10-11H2,1-3H3,(H,33,34)(H,30,31,32)/b16-12+. The number of carbonyl (C=O) groups is 2. The van der Waals surface area contributed by atoms with Gasteiger partial charge in [0.2, 0.25) is 5.06 Å². The number of carboxylic acid groups (broad SMARTS) is 1. The highest BCUT2D eigenvalue weighted by molar-refractivity contribution is 7.18. The zero-order valence-electron chi connectivity index (χ0n) is 20.8. The molecule has 0 unspecified atom stereocenters. The average molecular weight is 531 g/mol. The lowest BCUT2D eigenvalue weighted by Gasteiger charge is -2.06. The molecular weight excluding hydrogens is 502 g/mol. The molecule has 3 rings (SSSR count). The van der Waals surface area contributed by atoms with Crippen molar-refractivity contribution in [1.29, 1.82) is 0 Å². The number of aryl methyl sites for hydroxylation is 1. The first kappa shape index (κ1) is 27.9. The van der Waals surface area contributed by atoms with Crippen LogP contribution in [0.4, 0.5) is 13.9 Å². The van der Waals surface area contributed by atoms with Crippen molar-refractivity contribution in [2.75, 3.05) is 25.6 Å². The molecular formula is C27H28F2N2O5S. The molecule has 2 aromatic carbocycles. The number of carboxylic acids is 1. The number of hydrogen-bond acceptors (Lipinski definition) is 6. The third-order valence-electron chi connectivity index (χ3n) is 5.34. The maximum Gasteiger partial charge on any atom is 0.331 e. The van der Waals surface area contributed by atoms with Gasteiger partial charge in [0.15, 0.2) is 5.13 Å². The van der Waals surface area contributed by atoms with E-state index in [4.69, 9.17) is 14.6 Å². The highest BCUT2D eigenvalue weighted by atomic mass is 32.1.